The molecular formula is C15H15NO4S2. The van der Waals surface area contributed by atoms with Gasteiger partial charge < -0.3 is 14.7 Å². The number of thiophene rings is 2. The molecule has 0 aliphatic carbocycles. The minimum Gasteiger partial charge on any atom is -0.478 e. The average molecular weight is 337 g/mol. The Balaban J connectivity index is 1.71. The number of rotatable bonds is 4. The number of hydrogen-bond acceptors (Lipinski definition) is 5. The Kier molecular flexibility index (Phi) is 4.28. The van der Waals surface area contributed by atoms with Crippen molar-refractivity contribution in [2.45, 2.75) is 12.5 Å². The highest BCUT2D eigenvalue weighted by Crippen LogP contribution is 2.31. The van der Waals surface area contributed by atoms with E-state index in [-0.39, 0.29) is 17.6 Å². The summed E-state index contributed by atoms with van der Waals surface area (Å²) in [6, 6.07) is 3.47. The van der Waals surface area contributed by atoms with E-state index in [4.69, 9.17) is 9.84 Å². The van der Waals surface area contributed by atoms with Gasteiger partial charge in [0, 0.05) is 23.7 Å². The molecule has 2 aromatic heterocycles. The van der Waals surface area contributed by atoms with E-state index in [9.17, 15) is 9.59 Å². The molecule has 0 saturated carbocycles. The molecule has 1 amide bonds. The molecule has 0 radical (unpaired) electrons. The first-order valence-corrected chi connectivity index (χ1v) is 8.57. The Morgan fingerprint density at radius 2 is 2.27 bits per heavy atom. The van der Waals surface area contributed by atoms with Crippen molar-refractivity contribution in [2.75, 3.05) is 20.2 Å². The summed E-state index contributed by atoms with van der Waals surface area (Å²) in [6.45, 7) is 1.13. The zero-order chi connectivity index (χ0) is 15.7. The number of carbonyl (C=O) groups is 2. The third-order valence-electron chi connectivity index (χ3n) is 3.62. The molecule has 0 saturated heterocycles. The van der Waals surface area contributed by atoms with Crippen molar-refractivity contribution in [1.29, 1.82) is 0 Å². The minimum atomic E-state index is -1.02. The maximum absolute atomic E-state index is 12.4. The van der Waals surface area contributed by atoms with Crippen LogP contribution in [0.3, 0.4) is 0 Å². The predicted octanol–water partition coefficient (Wildman–Crippen LogP) is 2.89. The van der Waals surface area contributed by atoms with Crippen molar-refractivity contribution in [3.63, 3.8) is 0 Å². The predicted molar refractivity (Wildman–Crippen MR) is 85.0 cm³/mol. The lowest BCUT2D eigenvalue weighted by atomic mass is 10.1. The topological polar surface area (TPSA) is 66.8 Å². The lowest BCUT2D eigenvalue weighted by Crippen LogP contribution is -2.33. The molecular weight excluding hydrogens is 322 g/mol. The summed E-state index contributed by atoms with van der Waals surface area (Å²) in [7, 11) is 1.71. The summed E-state index contributed by atoms with van der Waals surface area (Å²) in [5.74, 6) is -1.19. The van der Waals surface area contributed by atoms with E-state index in [1.54, 1.807) is 23.3 Å². The van der Waals surface area contributed by atoms with E-state index in [0.29, 0.717) is 18.0 Å². The van der Waals surface area contributed by atoms with Crippen molar-refractivity contribution in [1.82, 2.24) is 4.90 Å². The Hall–Kier alpha value is -1.70. The van der Waals surface area contributed by atoms with Crippen LogP contribution in [0.4, 0.5) is 0 Å². The molecule has 3 heterocycles. The lowest BCUT2D eigenvalue weighted by molar-refractivity contribution is 0.0211. The molecule has 2 aromatic rings. The number of carbonyl (C=O) groups excluding carboxylic acids is 1. The first-order valence-electron chi connectivity index (χ1n) is 6.81. The molecule has 5 nitrogen and oxygen atoms in total. The van der Waals surface area contributed by atoms with Crippen LogP contribution in [0.25, 0.3) is 0 Å². The molecule has 1 unspecified atom stereocenters. The molecule has 0 bridgehead atoms. The van der Waals surface area contributed by atoms with Gasteiger partial charge >= 0.3 is 5.97 Å². The largest absolute Gasteiger partial charge is 0.478 e. The summed E-state index contributed by atoms with van der Waals surface area (Å²) in [5, 5.41) is 12.5. The van der Waals surface area contributed by atoms with Gasteiger partial charge in [-0.25, -0.2) is 4.79 Å². The molecule has 22 heavy (non-hydrogen) atoms. The molecule has 116 valence electrons. The highest BCUT2D eigenvalue weighted by atomic mass is 32.1. The quantitative estimate of drug-likeness (QED) is 0.931. The fourth-order valence-corrected chi connectivity index (χ4v) is 4.25. The van der Waals surface area contributed by atoms with Gasteiger partial charge in [-0.1, -0.05) is 0 Å². The van der Waals surface area contributed by atoms with E-state index < -0.39 is 5.97 Å². The van der Waals surface area contributed by atoms with E-state index in [0.717, 1.165) is 23.3 Å². The van der Waals surface area contributed by atoms with Crippen LogP contribution < -0.4 is 0 Å². The van der Waals surface area contributed by atoms with Crippen LogP contribution in [0.5, 0.6) is 0 Å². The maximum Gasteiger partial charge on any atom is 0.336 e. The SMILES string of the molecule is CN(CC1OCCc2sccc21)C(=O)c1cc(C(=O)O)cs1. The second-order valence-electron chi connectivity index (χ2n) is 5.10. The number of nitrogens with zero attached hydrogens (tertiary/aromatic N) is 1. The lowest BCUT2D eigenvalue weighted by Gasteiger charge is -2.27. The highest BCUT2D eigenvalue weighted by Gasteiger charge is 2.25. The van der Waals surface area contributed by atoms with Crippen LogP contribution >= 0.6 is 22.7 Å². The van der Waals surface area contributed by atoms with Crippen molar-refractivity contribution in [3.05, 3.63) is 43.8 Å². The second-order valence-corrected chi connectivity index (χ2v) is 7.01. The fraction of sp³-hybridized carbons (Fsp3) is 0.333. The fourth-order valence-electron chi connectivity index (χ4n) is 2.46. The number of carboxylic acid groups (broad SMARTS) is 1. The van der Waals surface area contributed by atoms with Crippen LogP contribution in [0.1, 0.15) is 36.6 Å². The first kappa shape index (κ1) is 15.2. The number of hydrogen-bond donors (Lipinski definition) is 1. The van der Waals surface area contributed by atoms with Gasteiger partial charge in [0.05, 0.1) is 23.6 Å². The van der Waals surface area contributed by atoms with Gasteiger partial charge in [-0.3, -0.25) is 4.79 Å². The highest BCUT2D eigenvalue weighted by molar-refractivity contribution is 7.12. The molecule has 0 fully saturated rings. The standard InChI is InChI=1S/C15H15NO4S2/c1-16(14(17)13-6-9(8-22-13)15(18)19)7-11-10-3-5-21-12(10)2-4-20-11/h3,5-6,8,11H,2,4,7H2,1H3,(H,18,19). The van der Waals surface area contributed by atoms with Gasteiger partial charge in [-0.15, -0.1) is 22.7 Å². The van der Waals surface area contributed by atoms with Crippen LogP contribution in [-0.2, 0) is 11.2 Å². The average Bonchev–Trinajstić information content (AvgIpc) is 3.15. The summed E-state index contributed by atoms with van der Waals surface area (Å²) < 4.78 is 5.78. The normalized spacial score (nSPS) is 17.0. The Labute approximate surface area is 135 Å². The van der Waals surface area contributed by atoms with Crippen LogP contribution in [0.2, 0.25) is 0 Å². The number of aromatic carboxylic acids is 1. The van der Waals surface area contributed by atoms with Crippen LogP contribution in [0, 0.1) is 0 Å². The van der Waals surface area contributed by atoms with Gasteiger partial charge in [0.25, 0.3) is 5.91 Å². The number of likely N-dealkylation sites (N-methyl/N-ethyl adjacent to an activating group) is 1. The molecule has 0 aromatic carbocycles. The Morgan fingerprint density at radius 3 is 3.00 bits per heavy atom. The smallest absolute Gasteiger partial charge is 0.336 e. The van der Waals surface area contributed by atoms with Gasteiger partial charge in [0.1, 0.15) is 6.10 Å². The summed E-state index contributed by atoms with van der Waals surface area (Å²) in [4.78, 5) is 26.6. The molecule has 1 aliphatic rings. The molecule has 7 heteroatoms. The third kappa shape index (κ3) is 2.92. The third-order valence-corrected chi connectivity index (χ3v) is 5.53. The summed E-state index contributed by atoms with van der Waals surface area (Å²) in [6.07, 6.45) is 0.816. The number of fused-ring (bicyclic) bond motifs is 1. The zero-order valence-corrected chi connectivity index (χ0v) is 13.6. The van der Waals surface area contributed by atoms with Crippen molar-refractivity contribution in [2.24, 2.45) is 0 Å². The van der Waals surface area contributed by atoms with Crippen LogP contribution in [-0.4, -0.2) is 42.1 Å². The number of carboxylic acids is 1. The Bertz CT molecular complexity index is 706. The molecule has 1 atom stereocenters. The van der Waals surface area contributed by atoms with Crippen molar-refractivity contribution in [3.8, 4) is 0 Å². The van der Waals surface area contributed by atoms with Gasteiger partial charge in [-0.05, 0) is 23.1 Å². The number of amides is 1. The monoisotopic (exact) mass is 337 g/mol. The molecule has 1 N–H and O–H groups in total. The van der Waals surface area contributed by atoms with E-state index in [1.165, 1.54) is 16.3 Å². The van der Waals surface area contributed by atoms with Gasteiger partial charge in [0.15, 0.2) is 0 Å². The maximum atomic E-state index is 12.4. The van der Waals surface area contributed by atoms with Gasteiger partial charge in [0.2, 0.25) is 0 Å². The van der Waals surface area contributed by atoms with E-state index in [2.05, 4.69) is 6.07 Å². The summed E-state index contributed by atoms with van der Waals surface area (Å²) in [5.41, 5.74) is 1.31. The minimum absolute atomic E-state index is 0.108. The van der Waals surface area contributed by atoms with Gasteiger partial charge in [-0.2, -0.15) is 0 Å². The summed E-state index contributed by atoms with van der Waals surface area (Å²) >= 11 is 2.87. The molecule has 0 spiro atoms. The first-order chi connectivity index (χ1) is 10.6. The van der Waals surface area contributed by atoms with Crippen molar-refractivity contribution >= 4 is 34.6 Å². The second kappa shape index (κ2) is 6.20. The van der Waals surface area contributed by atoms with Crippen LogP contribution in [0.15, 0.2) is 22.9 Å². The van der Waals surface area contributed by atoms with Crippen molar-refractivity contribution < 1.29 is 19.4 Å². The van der Waals surface area contributed by atoms with E-state index >= 15 is 0 Å². The zero-order valence-electron chi connectivity index (χ0n) is 11.9. The molecule has 3 rings (SSSR count). The number of ether oxygens (including phenoxy) is 1. The van der Waals surface area contributed by atoms with E-state index in [1.807, 2.05) is 5.38 Å². The Morgan fingerprint density at radius 1 is 1.45 bits per heavy atom. The molecule has 1 aliphatic heterocycles.